The molecule has 0 unspecified atom stereocenters. The highest BCUT2D eigenvalue weighted by Gasteiger charge is 2.58. The van der Waals surface area contributed by atoms with Crippen LogP contribution in [0.3, 0.4) is 0 Å². The van der Waals surface area contributed by atoms with Crippen molar-refractivity contribution >= 4 is 23.3 Å². The van der Waals surface area contributed by atoms with Crippen molar-refractivity contribution in [1.82, 2.24) is 8.86 Å². The average molecular weight is 448 g/mol. The maximum absolute atomic E-state index is 13.6. The number of nitrogens with zero attached hydrogens (tertiary/aromatic N) is 3. The standard InChI is InChI=1S/C25H41N3O2S/c1-8-9-12-18-17-28(23(2,3)4)31-20(18)26-22(30)25(7)14-13-19(24(25,5)6)21(29)27-15-10-11-16-27/h17,19H,8-16H2,1-7H3/t19-,25+/m0/s1. The molecule has 1 aromatic rings. The van der Waals surface area contributed by atoms with Crippen LogP contribution in [-0.2, 0) is 21.5 Å². The number of rotatable bonds is 5. The monoisotopic (exact) mass is 447 g/mol. The van der Waals surface area contributed by atoms with E-state index < -0.39 is 10.8 Å². The van der Waals surface area contributed by atoms with Gasteiger partial charge in [0.05, 0.1) is 5.41 Å². The second-order valence-electron chi connectivity index (χ2n) is 11.2. The Labute approximate surface area is 192 Å². The molecule has 0 N–H and O–H groups in total. The van der Waals surface area contributed by atoms with Crippen LogP contribution in [0.1, 0.15) is 92.6 Å². The highest BCUT2D eigenvalue weighted by Crippen LogP contribution is 2.57. The molecule has 0 radical (unpaired) electrons. The molecule has 0 bridgehead atoms. The Kier molecular flexibility index (Phi) is 6.90. The van der Waals surface area contributed by atoms with E-state index in [4.69, 9.17) is 4.99 Å². The molecule has 1 saturated heterocycles. The first kappa shape index (κ1) is 24.2. The van der Waals surface area contributed by atoms with Crippen LogP contribution in [0.25, 0.3) is 0 Å². The molecule has 2 amide bonds. The van der Waals surface area contributed by atoms with Gasteiger partial charge in [-0.15, -0.1) is 0 Å². The van der Waals surface area contributed by atoms with E-state index in [1.165, 1.54) is 5.56 Å². The van der Waals surface area contributed by atoms with Crippen LogP contribution in [0.15, 0.2) is 11.2 Å². The highest BCUT2D eigenvalue weighted by molar-refractivity contribution is 7.04. The summed E-state index contributed by atoms with van der Waals surface area (Å²) in [6, 6.07) is 0. The number of carbonyl (C=O) groups excluding carboxylic acids is 2. The number of unbranched alkanes of at least 4 members (excludes halogenated alkanes) is 1. The van der Waals surface area contributed by atoms with Gasteiger partial charge in [0.15, 0.2) is 0 Å². The highest BCUT2D eigenvalue weighted by atomic mass is 32.1. The Hall–Kier alpha value is -1.43. The molecule has 2 aliphatic rings. The van der Waals surface area contributed by atoms with Crippen molar-refractivity contribution in [2.45, 2.75) is 99.0 Å². The molecule has 2 atom stereocenters. The number of aryl methyl sites for hydroxylation is 1. The first-order valence-corrected chi connectivity index (χ1v) is 12.8. The molecule has 174 valence electrons. The summed E-state index contributed by atoms with van der Waals surface area (Å²) in [7, 11) is 0. The molecular weight excluding hydrogens is 406 g/mol. The third-order valence-corrected chi connectivity index (χ3v) is 9.19. The van der Waals surface area contributed by atoms with E-state index in [9.17, 15) is 9.59 Å². The van der Waals surface area contributed by atoms with Crippen molar-refractivity contribution in [3.05, 3.63) is 16.4 Å². The molecule has 6 heteroatoms. The third-order valence-electron chi connectivity index (χ3n) is 7.81. The van der Waals surface area contributed by atoms with E-state index in [-0.39, 0.29) is 23.3 Å². The predicted octanol–water partition coefficient (Wildman–Crippen LogP) is 5.14. The maximum atomic E-state index is 13.6. The van der Waals surface area contributed by atoms with Gasteiger partial charge in [-0.2, -0.15) is 0 Å². The molecule has 5 nitrogen and oxygen atoms in total. The first-order valence-electron chi connectivity index (χ1n) is 12.0. The molecule has 2 heterocycles. The SMILES string of the molecule is CCCCc1cn(C(C)(C)C)sc1=NC(=O)[C@@]1(C)CC[C@@H](C(=O)N2CCCC2)C1(C)C. The second-order valence-corrected chi connectivity index (χ2v) is 12.2. The number of aromatic nitrogens is 1. The molecule has 2 fully saturated rings. The zero-order chi connectivity index (χ0) is 23.0. The van der Waals surface area contributed by atoms with Gasteiger partial charge < -0.3 is 4.90 Å². The van der Waals surface area contributed by atoms with Gasteiger partial charge in [-0.3, -0.25) is 13.5 Å². The largest absolute Gasteiger partial charge is 0.342 e. The zero-order valence-corrected chi connectivity index (χ0v) is 21.4. The van der Waals surface area contributed by atoms with Gasteiger partial charge in [0.1, 0.15) is 4.67 Å². The number of amides is 2. The van der Waals surface area contributed by atoms with Crippen LogP contribution < -0.4 is 4.67 Å². The number of hydrogen-bond donors (Lipinski definition) is 0. The van der Waals surface area contributed by atoms with Gasteiger partial charge in [-0.05, 0) is 76.2 Å². The minimum absolute atomic E-state index is 0.0355. The molecular formula is C25H41N3O2S. The van der Waals surface area contributed by atoms with Gasteiger partial charge in [-0.1, -0.05) is 34.1 Å². The smallest absolute Gasteiger partial charge is 0.253 e. The van der Waals surface area contributed by atoms with Crippen LogP contribution in [-0.4, -0.2) is 33.8 Å². The van der Waals surface area contributed by atoms with Crippen molar-refractivity contribution in [3.8, 4) is 0 Å². The maximum Gasteiger partial charge on any atom is 0.253 e. The van der Waals surface area contributed by atoms with Gasteiger partial charge in [-0.25, -0.2) is 4.99 Å². The summed E-state index contributed by atoms with van der Waals surface area (Å²) in [6.45, 7) is 16.7. The topological polar surface area (TPSA) is 54.7 Å². The van der Waals surface area contributed by atoms with Gasteiger partial charge in [0, 0.05) is 36.3 Å². The molecule has 3 rings (SSSR count). The van der Waals surface area contributed by atoms with Gasteiger partial charge in [0.25, 0.3) is 5.91 Å². The molecule has 1 aliphatic carbocycles. The van der Waals surface area contributed by atoms with E-state index in [0.29, 0.717) is 0 Å². The molecule has 1 aliphatic heterocycles. The molecule has 31 heavy (non-hydrogen) atoms. The lowest BCUT2D eigenvalue weighted by molar-refractivity contribution is -0.142. The van der Waals surface area contributed by atoms with Crippen LogP contribution in [0.4, 0.5) is 0 Å². The van der Waals surface area contributed by atoms with E-state index in [2.05, 4.69) is 51.7 Å². The summed E-state index contributed by atoms with van der Waals surface area (Å²) in [6.07, 6.45) is 9.01. The average Bonchev–Trinajstić information content (AvgIpc) is 3.39. The summed E-state index contributed by atoms with van der Waals surface area (Å²) in [5.41, 5.74) is 0.102. The Morgan fingerprint density at radius 3 is 2.42 bits per heavy atom. The van der Waals surface area contributed by atoms with E-state index in [1.807, 2.05) is 11.8 Å². The van der Waals surface area contributed by atoms with Crippen molar-refractivity contribution < 1.29 is 9.59 Å². The van der Waals surface area contributed by atoms with Crippen molar-refractivity contribution in [3.63, 3.8) is 0 Å². The minimum atomic E-state index is -0.619. The fourth-order valence-corrected chi connectivity index (χ4v) is 6.06. The summed E-state index contributed by atoms with van der Waals surface area (Å²) < 4.78 is 3.06. The van der Waals surface area contributed by atoms with Gasteiger partial charge in [0.2, 0.25) is 5.91 Å². The quantitative estimate of drug-likeness (QED) is 0.627. The fourth-order valence-electron chi connectivity index (χ4n) is 5.03. The predicted molar refractivity (Wildman–Crippen MR) is 127 cm³/mol. The fraction of sp³-hybridized carbons (Fsp3) is 0.800. The Morgan fingerprint density at radius 1 is 1.19 bits per heavy atom. The Bertz CT molecular complexity index is 883. The van der Waals surface area contributed by atoms with Crippen molar-refractivity contribution in [2.24, 2.45) is 21.7 Å². The number of likely N-dealkylation sites (tertiary alicyclic amines) is 1. The summed E-state index contributed by atoms with van der Waals surface area (Å²) in [5, 5.41) is 0. The summed E-state index contributed by atoms with van der Waals surface area (Å²) >= 11 is 1.58. The Balaban J connectivity index is 1.92. The molecule has 1 aromatic heterocycles. The Morgan fingerprint density at radius 2 is 1.84 bits per heavy atom. The van der Waals surface area contributed by atoms with E-state index in [0.717, 1.165) is 62.7 Å². The summed E-state index contributed by atoms with van der Waals surface area (Å²) in [5.74, 6) is 0.0800. The van der Waals surface area contributed by atoms with Gasteiger partial charge >= 0.3 is 0 Å². The van der Waals surface area contributed by atoms with E-state index >= 15 is 0 Å². The lowest BCUT2D eigenvalue weighted by Crippen LogP contribution is -2.46. The van der Waals surface area contributed by atoms with Crippen molar-refractivity contribution in [1.29, 1.82) is 0 Å². The normalized spacial score (nSPS) is 26.6. The van der Waals surface area contributed by atoms with Crippen LogP contribution >= 0.6 is 11.5 Å². The third kappa shape index (κ3) is 4.55. The zero-order valence-electron chi connectivity index (χ0n) is 20.6. The minimum Gasteiger partial charge on any atom is -0.342 e. The molecule has 0 spiro atoms. The molecule has 0 aromatic carbocycles. The van der Waals surface area contributed by atoms with Crippen LogP contribution in [0.2, 0.25) is 0 Å². The van der Waals surface area contributed by atoms with Crippen LogP contribution in [0, 0.1) is 16.7 Å². The summed E-state index contributed by atoms with van der Waals surface area (Å²) in [4.78, 5) is 33.6. The lowest BCUT2D eigenvalue weighted by Gasteiger charge is -2.39. The number of carbonyl (C=O) groups is 2. The first-order chi connectivity index (χ1) is 14.4. The lowest BCUT2D eigenvalue weighted by atomic mass is 9.65. The number of hydrogen-bond acceptors (Lipinski definition) is 3. The second kappa shape index (κ2) is 8.84. The van der Waals surface area contributed by atoms with Crippen LogP contribution in [0.5, 0.6) is 0 Å². The molecule has 1 saturated carbocycles. The van der Waals surface area contributed by atoms with E-state index in [1.54, 1.807) is 11.5 Å². The van der Waals surface area contributed by atoms with Crippen molar-refractivity contribution in [2.75, 3.05) is 13.1 Å².